The Bertz CT molecular complexity index is 691. The summed E-state index contributed by atoms with van der Waals surface area (Å²) in [6.45, 7) is 10.1. The van der Waals surface area contributed by atoms with Gasteiger partial charge in [-0.1, -0.05) is 0 Å². The SMILES string of the molecule is CC(C)Oc1ccc(NC(=NCC(=O)NC(C)(C)C)NCCC(=O)N(C)C)cc1. The van der Waals surface area contributed by atoms with Crippen LogP contribution in [0.25, 0.3) is 0 Å². The average Bonchev–Trinajstić information content (AvgIpc) is 2.59. The second kappa shape index (κ2) is 11.3. The Morgan fingerprint density at radius 2 is 1.76 bits per heavy atom. The van der Waals surface area contributed by atoms with Gasteiger partial charge < -0.3 is 25.6 Å². The lowest BCUT2D eigenvalue weighted by Crippen LogP contribution is -2.42. The van der Waals surface area contributed by atoms with Gasteiger partial charge in [-0.2, -0.15) is 0 Å². The lowest BCUT2D eigenvalue weighted by molar-refractivity contribution is -0.128. The Kier molecular flexibility index (Phi) is 9.44. The predicted octanol–water partition coefficient (Wildman–Crippen LogP) is 2.22. The summed E-state index contributed by atoms with van der Waals surface area (Å²) >= 11 is 0. The van der Waals surface area contributed by atoms with Crippen LogP contribution in [0.15, 0.2) is 29.3 Å². The highest BCUT2D eigenvalue weighted by Crippen LogP contribution is 2.16. The molecule has 0 aliphatic carbocycles. The molecule has 0 saturated heterocycles. The van der Waals surface area contributed by atoms with Crippen molar-refractivity contribution in [1.82, 2.24) is 15.5 Å². The van der Waals surface area contributed by atoms with Crippen molar-refractivity contribution in [2.24, 2.45) is 4.99 Å². The van der Waals surface area contributed by atoms with E-state index in [0.717, 1.165) is 11.4 Å². The van der Waals surface area contributed by atoms with Crippen LogP contribution in [-0.2, 0) is 9.59 Å². The number of hydrogen-bond acceptors (Lipinski definition) is 4. The molecular formula is C21H35N5O3. The molecule has 0 aliphatic heterocycles. The molecule has 0 atom stereocenters. The Morgan fingerprint density at radius 3 is 2.28 bits per heavy atom. The fourth-order valence-corrected chi connectivity index (χ4v) is 2.29. The van der Waals surface area contributed by atoms with E-state index >= 15 is 0 Å². The van der Waals surface area contributed by atoms with Gasteiger partial charge in [0, 0.05) is 38.3 Å². The Morgan fingerprint density at radius 1 is 1.14 bits per heavy atom. The van der Waals surface area contributed by atoms with Gasteiger partial charge in [-0.15, -0.1) is 0 Å². The molecule has 162 valence electrons. The minimum Gasteiger partial charge on any atom is -0.491 e. The number of carbonyl (C=O) groups is 2. The van der Waals surface area contributed by atoms with Crippen molar-refractivity contribution < 1.29 is 14.3 Å². The summed E-state index contributed by atoms with van der Waals surface area (Å²) in [5.41, 5.74) is 0.473. The van der Waals surface area contributed by atoms with Crippen molar-refractivity contribution in [3.05, 3.63) is 24.3 Å². The van der Waals surface area contributed by atoms with E-state index in [2.05, 4.69) is 20.9 Å². The fraction of sp³-hybridized carbons (Fsp3) is 0.571. The van der Waals surface area contributed by atoms with Crippen molar-refractivity contribution in [3.63, 3.8) is 0 Å². The summed E-state index contributed by atoms with van der Waals surface area (Å²) in [4.78, 5) is 29.7. The monoisotopic (exact) mass is 405 g/mol. The van der Waals surface area contributed by atoms with Crippen molar-refractivity contribution in [3.8, 4) is 5.75 Å². The maximum absolute atomic E-state index is 12.1. The van der Waals surface area contributed by atoms with Crippen LogP contribution in [0.5, 0.6) is 5.75 Å². The third-order valence-corrected chi connectivity index (χ3v) is 3.51. The summed E-state index contributed by atoms with van der Waals surface area (Å²) < 4.78 is 5.64. The number of amides is 2. The molecule has 0 spiro atoms. The quantitative estimate of drug-likeness (QED) is 0.455. The molecule has 1 rings (SSSR count). The maximum Gasteiger partial charge on any atom is 0.242 e. The molecule has 1 aromatic carbocycles. The van der Waals surface area contributed by atoms with Crippen molar-refractivity contribution >= 4 is 23.5 Å². The third kappa shape index (κ3) is 11.0. The highest BCUT2D eigenvalue weighted by atomic mass is 16.5. The predicted molar refractivity (Wildman–Crippen MR) is 117 cm³/mol. The van der Waals surface area contributed by atoms with Gasteiger partial charge in [0.1, 0.15) is 12.3 Å². The minimum absolute atomic E-state index is 0.0116. The molecule has 8 heteroatoms. The van der Waals surface area contributed by atoms with E-state index in [0.29, 0.717) is 18.9 Å². The molecule has 0 saturated carbocycles. The van der Waals surface area contributed by atoms with E-state index in [1.807, 2.05) is 58.9 Å². The second-order valence-corrected chi connectivity index (χ2v) is 8.24. The fourth-order valence-electron chi connectivity index (χ4n) is 2.29. The number of hydrogen-bond donors (Lipinski definition) is 3. The molecule has 0 aromatic heterocycles. The van der Waals surface area contributed by atoms with E-state index in [4.69, 9.17) is 4.74 Å². The van der Waals surface area contributed by atoms with E-state index in [9.17, 15) is 9.59 Å². The van der Waals surface area contributed by atoms with Crippen LogP contribution in [0.4, 0.5) is 5.69 Å². The van der Waals surface area contributed by atoms with Crippen molar-refractivity contribution in [2.75, 3.05) is 32.5 Å². The largest absolute Gasteiger partial charge is 0.491 e. The van der Waals surface area contributed by atoms with Crippen LogP contribution in [0.3, 0.4) is 0 Å². The molecule has 1 aromatic rings. The molecule has 2 amide bonds. The van der Waals surface area contributed by atoms with Crippen LogP contribution in [-0.4, -0.2) is 61.5 Å². The van der Waals surface area contributed by atoms with Gasteiger partial charge in [-0.3, -0.25) is 9.59 Å². The molecule has 0 aliphatic rings. The number of aliphatic imine (C=N–C) groups is 1. The molecule has 0 unspecified atom stereocenters. The molecule has 0 heterocycles. The molecular weight excluding hydrogens is 370 g/mol. The van der Waals surface area contributed by atoms with E-state index < -0.39 is 0 Å². The Labute approximate surface area is 174 Å². The molecule has 0 radical (unpaired) electrons. The molecule has 0 fully saturated rings. The first-order valence-electron chi connectivity index (χ1n) is 9.79. The van der Waals surface area contributed by atoms with Crippen LogP contribution in [0.2, 0.25) is 0 Å². The van der Waals surface area contributed by atoms with Gasteiger partial charge in [0.2, 0.25) is 11.8 Å². The van der Waals surface area contributed by atoms with Gasteiger partial charge in [-0.25, -0.2) is 4.99 Å². The number of nitrogens with zero attached hydrogens (tertiary/aromatic N) is 2. The highest BCUT2D eigenvalue weighted by Gasteiger charge is 2.13. The number of rotatable bonds is 8. The summed E-state index contributed by atoms with van der Waals surface area (Å²) in [5.74, 6) is 1.04. The molecule has 0 bridgehead atoms. The number of anilines is 1. The molecule has 3 N–H and O–H groups in total. The van der Waals surface area contributed by atoms with E-state index in [1.165, 1.54) is 4.90 Å². The highest BCUT2D eigenvalue weighted by molar-refractivity contribution is 5.95. The van der Waals surface area contributed by atoms with Gasteiger partial charge in [0.15, 0.2) is 5.96 Å². The summed E-state index contributed by atoms with van der Waals surface area (Å²) in [5, 5.41) is 9.13. The standard InChI is InChI=1S/C21H35N5O3/c1-15(2)29-17-10-8-16(9-11-17)24-20(22-13-12-19(28)26(6)7)23-14-18(27)25-21(3,4)5/h8-11,15H,12-14H2,1-7H3,(H,25,27)(H2,22,23,24). The zero-order valence-electron chi connectivity index (χ0n) is 18.6. The van der Waals surface area contributed by atoms with Crippen LogP contribution < -0.4 is 20.7 Å². The number of guanidine groups is 1. The lowest BCUT2D eigenvalue weighted by Gasteiger charge is -2.20. The topological polar surface area (TPSA) is 95.1 Å². The van der Waals surface area contributed by atoms with Crippen molar-refractivity contribution in [2.45, 2.75) is 52.7 Å². The summed E-state index contributed by atoms with van der Waals surface area (Å²) in [6.07, 6.45) is 0.423. The van der Waals surface area contributed by atoms with Crippen LogP contribution in [0.1, 0.15) is 41.0 Å². The van der Waals surface area contributed by atoms with E-state index in [-0.39, 0.29) is 30.0 Å². The first-order valence-corrected chi connectivity index (χ1v) is 9.79. The average molecular weight is 406 g/mol. The normalized spacial score (nSPS) is 11.8. The van der Waals surface area contributed by atoms with Gasteiger partial charge >= 0.3 is 0 Å². The Hall–Kier alpha value is -2.77. The first-order chi connectivity index (χ1) is 13.5. The smallest absolute Gasteiger partial charge is 0.242 e. The van der Waals surface area contributed by atoms with Gasteiger partial charge in [0.25, 0.3) is 0 Å². The zero-order valence-corrected chi connectivity index (χ0v) is 18.6. The summed E-state index contributed by atoms with van der Waals surface area (Å²) in [6, 6.07) is 7.47. The molecule has 29 heavy (non-hydrogen) atoms. The number of carbonyl (C=O) groups excluding carboxylic acids is 2. The summed E-state index contributed by atoms with van der Waals surface area (Å²) in [7, 11) is 3.43. The molecule has 8 nitrogen and oxygen atoms in total. The minimum atomic E-state index is -0.321. The van der Waals surface area contributed by atoms with Crippen molar-refractivity contribution in [1.29, 1.82) is 0 Å². The number of benzene rings is 1. The lowest BCUT2D eigenvalue weighted by atomic mass is 10.1. The Balaban J connectivity index is 2.79. The zero-order chi connectivity index (χ0) is 22.0. The number of ether oxygens (including phenoxy) is 1. The van der Waals surface area contributed by atoms with Gasteiger partial charge in [0.05, 0.1) is 6.10 Å². The maximum atomic E-state index is 12.1. The van der Waals surface area contributed by atoms with Crippen LogP contribution >= 0.6 is 0 Å². The number of nitrogens with one attached hydrogen (secondary N) is 3. The van der Waals surface area contributed by atoms with Crippen LogP contribution in [0, 0.1) is 0 Å². The van der Waals surface area contributed by atoms with E-state index in [1.54, 1.807) is 14.1 Å². The first kappa shape index (κ1) is 24.3. The third-order valence-electron chi connectivity index (χ3n) is 3.51. The second-order valence-electron chi connectivity index (χ2n) is 8.24. The van der Waals surface area contributed by atoms with Gasteiger partial charge in [-0.05, 0) is 58.9 Å².